The summed E-state index contributed by atoms with van der Waals surface area (Å²) in [6.45, 7) is 6.63. The maximum absolute atomic E-state index is 2.35. The van der Waals surface area contributed by atoms with Gasteiger partial charge in [0.25, 0.3) is 0 Å². The predicted molar refractivity (Wildman–Crippen MR) is 118 cm³/mol. The largest absolute Gasteiger partial charge is 0.0833 e. The van der Waals surface area contributed by atoms with Crippen LogP contribution >= 0.6 is 0 Å². The van der Waals surface area contributed by atoms with Crippen LogP contribution in [0.2, 0.25) is 0 Å². The van der Waals surface area contributed by atoms with Crippen molar-refractivity contribution in [3.8, 4) is 0 Å². The molecule has 0 heteroatoms. The zero-order valence-electron chi connectivity index (χ0n) is 16.9. The molecular weight excluding hydrogens is 336 g/mol. The third kappa shape index (κ3) is 2.31. The highest BCUT2D eigenvalue weighted by molar-refractivity contribution is 5.70. The average Bonchev–Trinajstić information content (AvgIpc) is 3.02. The topological polar surface area (TPSA) is 0 Å². The molecule has 0 fully saturated rings. The Bertz CT molecular complexity index is 1050. The van der Waals surface area contributed by atoms with Crippen molar-refractivity contribution < 1.29 is 0 Å². The quantitative estimate of drug-likeness (QED) is 0.460. The van der Waals surface area contributed by atoms with E-state index in [9.17, 15) is 0 Å². The second-order valence-corrected chi connectivity index (χ2v) is 8.36. The molecule has 0 radical (unpaired) electrons. The van der Waals surface area contributed by atoms with E-state index in [1.807, 2.05) is 0 Å². The minimum Gasteiger partial charge on any atom is -0.0833 e. The molecule has 3 aromatic carbocycles. The maximum atomic E-state index is 2.35. The lowest BCUT2D eigenvalue weighted by atomic mass is 9.65. The van der Waals surface area contributed by atoms with Crippen molar-refractivity contribution in [3.63, 3.8) is 0 Å². The molecule has 0 aromatic heterocycles. The molecule has 2 aliphatic carbocycles. The molecule has 0 nitrogen and oxygen atoms in total. The van der Waals surface area contributed by atoms with Crippen LogP contribution in [-0.4, -0.2) is 0 Å². The zero-order valence-corrected chi connectivity index (χ0v) is 16.9. The first-order valence-corrected chi connectivity index (χ1v) is 10.2. The summed E-state index contributed by atoms with van der Waals surface area (Å²) in [6, 6.07) is 27.5. The standard InChI is InChI=1S/C28H26/c1-19-11-15-22(16-12-19)28(23-17-13-20(2)14-18-23)26-10-5-4-8-24(26)25-9-6-7-21(3)27(25)28/h4-8,10-18,25H,9H2,1-3H3. The molecule has 138 valence electrons. The number of hydrogen-bond donors (Lipinski definition) is 0. The first-order chi connectivity index (χ1) is 13.6. The van der Waals surface area contributed by atoms with Crippen LogP contribution in [0.4, 0.5) is 0 Å². The minimum absolute atomic E-state index is 0.211. The van der Waals surface area contributed by atoms with Crippen molar-refractivity contribution in [1.82, 2.24) is 0 Å². The monoisotopic (exact) mass is 362 g/mol. The summed E-state index contributed by atoms with van der Waals surface area (Å²) in [7, 11) is 0. The molecule has 3 aromatic rings. The van der Waals surface area contributed by atoms with Gasteiger partial charge < -0.3 is 0 Å². The fraction of sp³-hybridized carbons (Fsp3) is 0.214. The molecule has 28 heavy (non-hydrogen) atoms. The van der Waals surface area contributed by atoms with Crippen LogP contribution < -0.4 is 0 Å². The number of benzene rings is 3. The van der Waals surface area contributed by atoms with E-state index < -0.39 is 0 Å². The summed E-state index contributed by atoms with van der Waals surface area (Å²) in [4.78, 5) is 0. The fourth-order valence-electron chi connectivity index (χ4n) is 5.39. The first kappa shape index (κ1) is 17.3. The van der Waals surface area contributed by atoms with Crippen LogP contribution in [0, 0.1) is 13.8 Å². The van der Waals surface area contributed by atoms with E-state index >= 15 is 0 Å². The highest BCUT2D eigenvalue weighted by Gasteiger charge is 2.51. The number of aryl methyl sites for hydroxylation is 2. The third-order valence-electron chi connectivity index (χ3n) is 6.63. The predicted octanol–water partition coefficient (Wildman–Crippen LogP) is 7.01. The minimum atomic E-state index is -0.211. The molecule has 1 atom stereocenters. The van der Waals surface area contributed by atoms with Gasteiger partial charge in [-0.25, -0.2) is 0 Å². The molecule has 0 saturated carbocycles. The van der Waals surface area contributed by atoms with Gasteiger partial charge in [0.15, 0.2) is 0 Å². The van der Waals surface area contributed by atoms with Crippen molar-refractivity contribution in [3.05, 3.63) is 129 Å². The number of rotatable bonds is 2. The lowest BCUT2D eigenvalue weighted by Gasteiger charge is -2.37. The molecule has 0 heterocycles. The van der Waals surface area contributed by atoms with E-state index in [0.29, 0.717) is 5.92 Å². The van der Waals surface area contributed by atoms with Crippen molar-refractivity contribution >= 4 is 0 Å². The maximum Gasteiger partial charge on any atom is 0.0676 e. The molecule has 1 unspecified atom stereocenters. The molecule has 0 bridgehead atoms. The van der Waals surface area contributed by atoms with Crippen molar-refractivity contribution in [2.45, 2.75) is 38.5 Å². The van der Waals surface area contributed by atoms with E-state index in [1.165, 1.54) is 39.0 Å². The Morgan fingerprint density at radius 1 is 0.714 bits per heavy atom. The van der Waals surface area contributed by atoms with Gasteiger partial charge in [0.05, 0.1) is 5.41 Å². The number of allylic oxidation sites excluding steroid dienone is 4. The van der Waals surface area contributed by atoms with Crippen LogP contribution in [0.3, 0.4) is 0 Å². The molecule has 0 spiro atoms. The molecule has 0 aliphatic heterocycles. The van der Waals surface area contributed by atoms with E-state index in [1.54, 1.807) is 5.57 Å². The third-order valence-corrected chi connectivity index (χ3v) is 6.63. The normalized spacial score (nSPS) is 19.5. The van der Waals surface area contributed by atoms with Crippen LogP contribution in [0.1, 0.15) is 52.6 Å². The summed E-state index contributed by atoms with van der Waals surface area (Å²) in [5.41, 5.74) is 11.1. The summed E-state index contributed by atoms with van der Waals surface area (Å²) < 4.78 is 0. The first-order valence-electron chi connectivity index (χ1n) is 10.2. The van der Waals surface area contributed by atoms with Crippen molar-refractivity contribution in [1.29, 1.82) is 0 Å². The van der Waals surface area contributed by atoms with E-state index in [-0.39, 0.29) is 5.41 Å². The van der Waals surface area contributed by atoms with Crippen LogP contribution in [0.15, 0.2) is 96.1 Å². The van der Waals surface area contributed by atoms with Gasteiger partial charge in [-0.3, -0.25) is 0 Å². The van der Waals surface area contributed by atoms with Crippen molar-refractivity contribution in [2.24, 2.45) is 0 Å². The SMILES string of the molecule is CC1=C2C(CC=C1)c1ccccc1C2(c1ccc(C)cc1)c1ccc(C)cc1. The van der Waals surface area contributed by atoms with Crippen molar-refractivity contribution in [2.75, 3.05) is 0 Å². The lowest BCUT2D eigenvalue weighted by molar-refractivity contribution is 0.682. The van der Waals surface area contributed by atoms with Gasteiger partial charge in [-0.1, -0.05) is 102 Å². The Balaban J connectivity index is 1.94. The Hall–Kier alpha value is -2.86. The second-order valence-electron chi connectivity index (χ2n) is 8.36. The number of hydrogen-bond acceptors (Lipinski definition) is 0. The van der Waals surface area contributed by atoms with Gasteiger partial charge in [-0.2, -0.15) is 0 Å². The van der Waals surface area contributed by atoms with Crippen LogP contribution in [0.5, 0.6) is 0 Å². The van der Waals surface area contributed by atoms with Gasteiger partial charge in [0, 0.05) is 5.92 Å². The molecule has 0 saturated heterocycles. The van der Waals surface area contributed by atoms with Gasteiger partial charge in [-0.15, -0.1) is 0 Å². The number of fused-ring (bicyclic) bond motifs is 3. The highest BCUT2D eigenvalue weighted by atomic mass is 14.5. The van der Waals surface area contributed by atoms with Crippen LogP contribution in [-0.2, 0) is 5.41 Å². The lowest BCUT2D eigenvalue weighted by Crippen LogP contribution is -2.30. The molecular formula is C28H26. The smallest absolute Gasteiger partial charge is 0.0676 e. The van der Waals surface area contributed by atoms with E-state index in [2.05, 4.69) is 106 Å². The van der Waals surface area contributed by atoms with Gasteiger partial charge in [-0.05, 0) is 55.0 Å². The summed E-state index contributed by atoms with van der Waals surface area (Å²) in [5, 5.41) is 0. The second kappa shape index (κ2) is 6.34. The summed E-state index contributed by atoms with van der Waals surface area (Å²) in [5.74, 6) is 0.462. The Morgan fingerprint density at radius 2 is 1.29 bits per heavy atom. The molecule has 5 rings (SSSR count). The summed E-state index contributed by atoms with van der Waals surface area (Å²) in [6.07, 6.45) is 5.76. The fourth-order valence-corrected chi connectivity index (χ4v) is 5.39. The van der Waals surface area contributed by atoms with Gasteiger partial charge >= 0.3 is 0 Å². The van der Waals surface area contributed by atoms with E-state index in [4.69, 9.17) is 0 Å². The van der Waals surface area contributed by atoms with Gasteiger partial charge in [0.2, 0.25) is 0 Å². The Labute approximate surface area is 168 Å². The molecule has 0 N–H and O–H groups in total. The van der Waals surface area contributed by atoms with E-state index in [0.717, 1.165) is 6.42 Å². The Morgan fingerprint density at radius 3 is 1.89 bits per heavy atom. The zero-order chi connectivity index (χ0) is 19.3. The highest BCUT2D eigenvalue weighted by Crippen LogP contribution is 2.60. The Kier molecular flexibility index (Phi) is 3.91. The molecule has 0 amide bonds. The van der Waals surface area contributed by atoms with Crippen LogP contribution in [0.25, 0.3) is 0 Å². The molecule has 2 aliphatic rings. The van der Waals surface area contributed by atoms with Gasteiger partial charge in [0.1, 0.15) is 0 Å². The summed E-state index contributed by atoms with van der Waals surface area (Å²) >= 11 is 0. The average molecular weight is 363 g/mol.